The number of methoxy groups -OCH3 is 1. The van der Waals surface area contributed by atoms with Gasteiger partial charge in [0.1, 0.15) is 23.3 Å². The van der Waals surface area contributed by atoms with Gasteiger partial charge in [-0.25, -0.2) is 4.79 Å². The highest BCUT2D eigenvalue weighted by molar-refractivity contribution is 5.91. The lowest BCUT2D eigenvalue weighted by Gasteiger charge is -2.33. The number of amides is 3. The molecule has 1 unspecified atom stereocenters. The van der Waals surface area contributed by atoms with Crippen molar-refractivity contribution in [2.45, 2.75) is 18.9 Å². The summed E-state index contributed by atoms with van der Waals surface area (Å²) in [5.41, 5.74) is 6.06. The molecule has 2 aromatic rings. The van der Waals surface area contributed by atoms with Crippen LogP contribution in [0.3, 0.4) is 0 Å². The van der Waals surface area contributed by atoms with Crippen LogP contribution in [-0.4, -0.2) is 48.1 Å². The highest BCUT2D eigenvalue weighted by Crippen LogP contribution is 2.21. The molecule has 8 nitrogen and oxygen atoms in total. The van der Waals surface area contributed by atoms with Gasteiger partial charge in [-0.3, -0.25) is 9.78 Å². The fraction of sp³-hybridized carbons (Fsp3) is 0.316. The summed E-state index contributed by atoms with van der Waals surface area (Å²) in [6, 6.07) is 10.2. The fourth-order valence-corrected chi connectivity index (χ4v) is 2.93. The van der Waals surface area contributed by atoms with Crippen LogP contribution in [-0.2, 0) is 0 Å². The van der Waals surface area contributed by atoms with Gasteiger partial charge < -0.3 is 25.4 Å². The average molecular weight is 370 g/mol. The first-order valence-electron chi connectivity index (χ1n) is 8.67. The molecule has 3 amide bonds. The Morgan fingerprint density at radius 3 is 2.89 bits per heavy atom. The SMILES string of the molecule is COc1cccc(NC(=O)N2CCCC(Oc3ccnc(C(N)=O)c3)C2)c1. The van der Waals surface area contributed by atoms with Crippen LogP contribution in [0.15, 0.2) is 42.6 Å². The van der Waals surface area contributed by atoms with E-state index in [0.717, 1.165) is 12.8 Å². The molecule has 0 spiro atoms. The summed E-state index contributed by atoms with van der Waals surface area (Å²) >= 11 is 0. The number of nitrogens with two attached hydrogens (primary N) is 1. The van der Waals surface area contributed by atoms with Crippen molar-refractivity contribution in [3.8, 4) is 11.5 Å². The topological polar surface area (TPSA) is 107 Å². The van der Waals surface area contributed by atoms with Crippen LogP contribution in [0.25, 0.3) is 0 Å². The number of primary amides is 1. The van der Waals surface area contributed by atoms with Gasteiger partial charge in [0.25, 0.3) is 5.91 Å². The fourth-order valence-electron chi connectivity index (χ4n) is 2.93. The van der Waals surface area contributed by atoms with Gasteiger partial charge >= 0.3 is 6.03 Å². The minimum atomic E-state index is -0.608. The number of aromatic nitrogens is 1. The lowest BCUT2D eigenvalue weighted by molar-refractivity contribution is 0.0989. The Balaban J connectivity index is 1.60. The molecule has 2 heterocycles. The van der Waals surface area contributed by atoms with Crippen LogP contribution < -0.4 is 20.5 Å². The lowest BCUT2D eigenvalue weighted by atomic mass is 10.1. The predicted molar refractivity (Wildman–Crippen MR) is 100.0 cm³/mol. The number of nitrogens with zero attached hydrogens (tertiary/aromatic N) is 2. The lowest BCUT2D eigenvalue weighted by Crippen LogP contribution is -2.46. The van der Waals surface area contributed by atoms with Crippen molar-refractivity contribution in [1.82, 2.24) is 9.88 Å². The van der Waals surface area contributed by atoms with Crippen LogP contribution in [0.2, 0.25) is 0 Å². The Kier molecular flexibility index (Phi) is 5.75. The summed E-state index contributed by atoms with van der Waals surface area (Å²) in [5.74, 6) is 0.581. The third-order valence-corrected chi connectivity index (χ3v) is 4.27. The number of piperidine rings is 1. The zero-order valence-electron chi connectivity index (χ0n) is 15.1. The van der Waals surface area contributed by atoms with E-state index in [-0.39, 0.29) is 17.8 Å². The second-order valence-corrected chi connectivity index (χ2v) is 6.23. The third-order valence-electron chi connectivity index (χ3n) is 4.27. The minimum absolute atomic E-state index is 0.149. The van der Waals surface area contributed by atoms with E-state index < -0.39 is 5.91 Å². The number of pyridine rings is 1. The van der Waals surface area contributed by atoms with E-state index in [4.69, 9.17) is 15.2 Å². The van der Waals surface area contributed by atoms with Gasteiger partial charge in [-0.15, -0.1) is 0 Å². The number of carbonyl (C=O) groups is 2. The Bertz CT molecular complexity index is 827. The normalized spacial score (nSPS) is 16.5. The van der Waals surface area contributed by atoms with Gasteiger partial charge in [0.15, 0.2) is 0 Å². The van der Waals surface area contributed by atoms with Gasteiger partial charge in [0, 0.05) is 30.6 Å². The molecule has 0 radical (unpaired) electrons. The van der Waals surface area contributed by atoms with Crippen molar-refractivity contribution < 1.29 is 19.1 Å². The third kappa shape index (κ3) is 4.87. The van der Waals surface area contributed by atoms with Crippen molar-refractivity contribution in [2.24, 2.45) is 5.73 Å². The van der Waals surface area contributed by atoms with Gasteiger partial charge in [-0.2, -0.15) is 0 Å². The van der Waals surface area contributed by atoms with Crippen LogP contribution in [0, 0.1) is 0 Å². The maximum atomic E-state index is 12.6. The first-order valence-corrected chi connectivity index (χ1v) is 8.67. The number of hydrogen-bond acceptors (Lipinski definition) is 5. The van der Waals surface area contributed by atoms with E-state index in [1.807, 2.05) is 12.1 Å². The van der Waals surface area contributed by atoms with Gasteiger partial charge in [0.2, 0.25) is 0 Å². The van der Waals surface area contributed by atoms with Crippen LogP contribution in [0.1, 0.15) is 23.3 Å². The largest absolute Gasteiger partial charge is 0.497 e. The van der Waals surface area contributed by atoms with Crippen LogP contribution in [0.4, 0.5) is 10.5 Å². The van der Waals surface area contributed by atoms with Gasteiger partial charge in [-0.05, 0) is 31.0 Å². The number of rotatable bonds is 5. The molecule has 0 aliphatic carbocycles. The number of urea groups is 1. The molecule has 1 aromatic carbocycles. The van der Waals surface area contributed by atoms with Gasteiger partial charge in [-0.1, -0.05) is 6.07 Å². The predicted octanol–water partition coefficient (Wildman–Crippen LogP) is 2.26. The Hall–Kier alpha value is -3.29. The van der Waals surface area contributed by atoms with Crippen molar-refractivity contribution >= 4 is 17.6 Å². The Morgan fingerprint density at radius 2 is 2.11 bits per heavy atom. The number of hydrogen-bond donors (Lipinski definition) is 2. The first-order chi connectivity index (χ1) is 13.0. The maximum Gasteiger partial charge on any atom is 0.321 e. The summed E-state index contributed by atoms with van der Waals surface area (Å²) in [6.45, 7) is 1.10. The molecule has 1 atom stereocenters. The monoisotopic (exact) mass is 370 g/mol. The number of nitrogens with one attached hydrogen (secondary N) is 1. The van der Waals surface area contributed by atoms with E-state index in [0.29, 0.717) is 30.3 Å². The molecule has 1 saturated heterocycles. The summed E-state index contributed by atoms with van der Waals surface area (Å²) < 4.78 is 11.1. The molecule has 3 rings (SSSR count). The number of carbonyl (C=O) groups excluding carboxylic acids is 2. The zero-order chi connectivity index (χ0) is 19.2. The molecule has 1 fully saturated rings. The van der Waals surface area contributed by atoms with E-state index in [2.05, 4.69) is 10.3 Å². The first kappa shape index (κ1) is 18.5. The molecule has 142 valence electrons. The van der Waals surface area contributed by atoms with Crippen molar-refractivity contribution in [3.05, 3.63) is 48.3 Å². The highest BCUT2D eigenvalue weighted by Gasteiger charge is 2.25. The summed E-state index contributed by atoms with van der Waals surface area (Å²) in [5, 5.41) is 2.88. The van der Waals surface area contributed by atoms with E-state index >= 15 is 0 Å². The summed E-state index contributed by atoms with van der Waals surface area (Å²) in [4.78, 5) is 29.4. The quantitative estimate of drug-likeness (QED) is 0.840. The molecule has 0 bridgehead atoms. The smallest absolute Gasteiger partial charge is 0.321 e. The molecule has 8 heteroatoms. The minimum Gasteiger partial charge on any atom is -0.497 e. The molecular weight excluding hydrogens is 348 g/mol. The molecule has 0 saturated carbocycles. The summed E-state index contributed by atoms with van der Waals surface area (Å²) in [6.07, 6.45) is 2.95. The zero-order valence-corrected chi connectivity index (χ0v) is 15.1. The molecule has 27 heavy (non-hydrogen) atoms. The Morgan fingerprint density at radius 1 is 1.26 bits per heavy atom. The average Bonchev–Trinajstić information content (AvgIpc) is 2.68. The maximum absolute atomic E-state index is 12.6. The standard InChI is InChI=1S/C19H22N4O4/c1-26-14-5-2-4-13(10-14)22-19(25)23-9-3-6-16(12-23)27-15-7-8-21-17(11-15)18(20)24/h2,4-5,7-8,10-11,16H,3,6,9,12H2,1H3,(H2,20,24)(H,22,25). The van der Waals surface area contributed by atoms with E-state index in [9.17, 15) is 9.59 Å². The molecule has 1 aliphatic heterocycles. The highest BCUT2D eigenvalue weighted by atomic mass is 16.5. The number of likely N-dealkylation sites (tertiary alicyclic amines) is 1. The molecule has 3 N–H and O–H groups in total. The second-order valence-electron chi connectivity index (χ2n) is 6.23. The number of benzene rings is 1. The van der Waals surface area contributed by atoms with Crippen molar-refractivity contribution in [1.29, 1.82) is 0 Å². The summed E-state index contributed by atoms with van der Waals surface area (Å²) in [7, 11) is 1.58. The van der Waals surface area contributed by atoms with E-state index in [1.54, 1.807) is 30.2 Å². The molecular formula is C19H22N4O4. The van der Waals surface area contributed by atoms with E-state index in [1.165, 1.54) is 12.3 Å². The number of anilines is 1. The Labute approximate surface area is 157 Å². The van der Waals surface area contributed by atoms with Crippen molar-refractivity contribution in [2.75, 3.05) is 25.5 Å². The van der Waals surface area contributed by atoms with Gasteiger partial charge in [0.05, 0.1) is 13.7 Å². The number of ether oxygens (including phenoxy) is 2. The van der Waals surface area contributed by atoms with Crippen LogP contribution >= 0.6 is 0 Å². The molecule has 1 aliphatic rings. The van der Waals surface area contributed by atoms with Crippen LogP contribution in [0.5, 0.6) is 11.5 Å². The van der Waals surface area contributed by atoms with Crippen molar-refractivity contribution in [3.63, 3.8) is 0 Å². The molecule has 1 aromatic heterocycles. The second kappa shape index (κ2) is 8.39.